The summed E-state index contributed by atoms with van der Waals surface area (Å²) in [6.07, 6.45) is 0.843. The maximum Gasteiger partial charge on any atom is 0.195 e. The molecule has 0 bridgehead atoms. The maximum atomic E-state index is 12.2. The number of hydrogen-bond acceptors (Lipinski definition) is 4. The van der Waals surface area contributed by atoms with Crippen molar-refractivity contribution < 1.29 is 13.7 Å². The lowest BCUT2D eigenvalue weighted by Crippen LogP contribution is -2.33. The van der Waals surface area contributed by atoms with E-state index in [1.165, 1.54) is 0 Å². The van der Waals surface area contributed by atoms with Gasteiger partial charge in [-0.2, -0.15) is 0 Å². The molecule has 0 spiro atoms. The number of nitrogens with one attached hydrogen (secondary N) is 2. The number of rotatable bonds is 10. The summed E-state index contributed by atoms with van der Waals surface area (Å²) in [6, 6.07) is 17.2. The monoisotopic (exact) mass is 389 g/mol. The van der Waals surface area contributed by atoms with Crippen molar-refractivity contribution >= 4 is 22.4 Å². The molecule has 0 aliphatic carbocycles. The van der Waals surface area contributed by atoms with Crippen molar-refractivity contribution in [1.29, 1.82) is 0 Å². The zero-order valence-corrected chi connectivity index (χ0v) is 16.6. The summed E-state index contributed by atoms with van der Waals surface area (Å²) in [6.45, 7) is 1.84. The molecule has 0 fully saturated rings. The van der Waals surface area contributed by atoms with E-state index in [1.807, 2.05) is 54.6 Å². The molecule has 2 N–H and O–H groups in total. The number of hydrogen-bond donors (Lipinski definition) is 2. The second kappa shape index (κ2) is 12.1. The molecule has 2 aromatic rings. The van der Waals surface area contributed by atoms with Crippen LogP contribution in [0.4, 0.5) is 5.69 Å². The van der Waals surface area contributed by atoms with E-state index in [1.54, 1.807) is 14.2 Å². The van der Waals surface area contributed by atoms with Crippen molar-refractivity contribution in [1.82, 2.24) is 5.32 Å². The summed E-state index contributed by atoms with van der Waals surface area (Å²) in [7, 11) is 2.35. The van der Waals surface area contributed by atoms with Crippen LogP contribution in [0.5, 0.6) is 5.75 Å². The summed E-state index contributed by atoms with van der Waals surface area (Å²) in [5, 5.41) is 6.41. The standard InChI is InChI=1S/C20H27N3O3S/c1-21-20(22-12-15-27(24)19-10-4-3-5-11-19)23-17-8-6-9-18(16-17)26-14-7-13-25-2/h3-6,8-11,16H,7,12-15H2,1-2H3,(H2,21,22,23). The number of nitrogens with zero attached hydrogens (tertiary/aromatic N) is 1. The van der Waals surface area contributed by atoms with Gasteiger partial charge in [0.05, 0.1) is 17.4 Å². The quantitative estimate of drug-likeness (QED) is 0.371. The number of guanidine groups is 1. The van der Waals surface area contributed by atoms with Crippen LogP contribution in [0.1, 0.15) is 6.42 Å². The first-order chi connectivity index (χ1) is 13.2. The van der Waals surface area contributed by atoms with Gasteiger partial charge in [0.15, 0.2) is 5.96 Å². The van der Waals surface area contributed by atoms with E-state index in [-0.39, 0.29) is 0 Å². The van der Waals surface area contributed by atoms with Gasteiger partial charge in [0, 0.05) is 56.1 Å². The van der Waals surface area contributed by atoms with E-state index in [0.29, 0.717) is 31.5 Å². The molecule has 0 heterocycles. The highest BCUT2D eigenvalue weighted by Crippen LogP contribution is 2.17. The summed E-state index contributed by atoms with van der Waals surface area (Å²) < 4.78 is 23.0. The minimum atomic E-state index is -1.03. The van der Waals surface area contributed by atoms with Crippen LogP contribution in [0.15, 0.2) is 64.5 Å². The smallest absolute Gasteiger partial charge is 0.195 e. The largest absolute Gasteiger partial charge is 0.493 e. The Hall–Kier alpha value is -2.38. The minimum Gasteiger partial charge on any atom is -0.493 e. The van der Waals surface area contributed by atoms with Gasteiger partial charge in [0.25, 0.3) is 0 Å². The lowest BCUT2D eigenvalue weighted by molar-refractivity contribution is 0.172. The molecule has 0 aliphatic rings. The molecule has 0 saturated heterocycles. The van der Waals surface area contributed by atoms with Crippen LogP contribution in [0.25, 0.3) is 0 Å². The summed E-state index contributed by atoms with van der Waals surface area (Å²) in [5.41, 5.74) is 0.872. The number of benzene rings is 2. The molecule has 1 atom stereocenters. The van der Waals surface area contributed by atoms with Crippen LogP contribution < -0.4 is 15.4 Å². The third kappa shape index (κ3) is 7.80. The predicted molar refractivity (Wildman–Crippen MR) is 111 cm³/mol. The van der Waals surface area contributed by atoms with Crippen molar-refractivity contribution in [3.63, 3.8) is 0 Å². The normalized spacial score (nSPS) is 12.4. The summed E-state index contributed by atoms with van der Waals surface area (Å²) >= 11 is 0. The van der Waals surface area contributed by atoms with Gasteiger partial charge in [-0.25, -0.2) is 0 Å². The van der Waals surface area contributed by atoms with E-state index >= 15 is 0 Å². The minimum absolute atomic E-state index is 0.507. The fourth-order valence-electron chi connectivity index (χ4n) is 2.33. The Morgan fingerprint density at radius 3 is 2.67 bits per heavy atom. The van der Waals surface area contributed by atoms with Crippen LogP contribution in [0, 0.1) is 0 Å². The van der Waals surface area contributed by atoms with Crippen LogP contribution in [0.2, 0.25) is 0 Å². The van der Waals surface area contributed by atoms with Crippen LogP contribution in [0.3, 0.4) is 0 Å². The Morgan fingerprint density at radius 1 is 1.11 bits per heavy atom. The van der Waals surface area contributed by atoms with Gasteiger partial charge in [-0.1, -0.05) is 24.3 Å². The second-order valence-electron chi connectivity index (χ2n) is 5.71. The lowest BCUT2D eigenvalue weighted by Gasteiger charge is -2.13. The summed E-state index contributed by atoms with van der Waals surface area (Å²) in [5.74, 6) is 1.92. The molecule has 0 aliphatic heterocycles. The third-order valence-electron chi connectivity index (χ3n) is 3.67. The first-order valence-corrected chi connectivity index (χ1v) is 10.2. The number of ether oxygens (including phenoxy) is 2. The van der Waals surface area contributed by atoms with Gasteiger partial charge < -0.3 is 20.1 Å². The fraction of sp³-hybridized carbons (Fsp3) is 0.350. The van der Waals surface area contributed by atoms with Crippen LogP contribution >= 0.6 is 0 Å². The van der Waals surface area contributed by atoms with E-state index < -0.39 is 10.8 Å². The first-order valence-electron chi connectivity index (χ1n) is 8.86. The predicted octanol–water partition coefficient (Wildman–Crippen LogP) is 2.90. The molecule has 0 amide bonds. The van der Waals surface area contributed by atoms with Crippen molar-refractivity contribution in [2.45, 2.75) is 11.3 Å². The Balaban J connectivity index is 1.80. The van der Waals surface area contributed by atoms with Gasteiger partial charge in [-0.3, -0.25) is 9.20 Å². The number of aliphatic imine (C=N–C) groups is 1. The average molecular weight is 390 g/mol. The number of methoxy groups -OCH3 is 1. The molecule has 0 aromatic heterocycles. The van der Waals surface area contributed by atoms with Crippen LogP contribution in [-0.4, -0.2) is 49.8 Å². The lowest BCUT2D eigenvalue weighted by atomic mass is 10.3. The van der Waals surface area contributed by atoms with E-state index in [0.717, 1.165) is 22.8 Å². The average Bonchev–Trinajstić information content (AvgIpc) is 2.71. The zero-order valence-electron chi connectivity index (χ0n) is 15.8. The first kappa shape index (κ1) is 20.9. The maximum absolute atomic E-state index is 12.2. The van der Waals surface area contributed by atoms with Crippen molar-refractivity contribution in [2.75, 3.05) is 45.0 Å². The Labute approximate surface area is 163 Å². The van der Waals surface area contributed by atoms with Crippen LogP contribution in [-0.2, 0) is 15.5 Å². The van der Waals surface area contributed by atoms with Gasteiger partial charge in [0.1, 0.15) is 5.75 Å². The van der Waals surface area contributed by atoms with Crippen molar-refractivity contribution in [2.24, 2.45) is 4.99 Å². The molecular weight excluding hydrogens is 362 g/mol. The van der Waals surface area contributed by atoms with Crippen molar-refractivity contribution in [3.05, 3.63) is 54.6 Å². The fourth-order valence-corrected chi connectivity index (χ4v) is 3.31. The molecule has 1 unspecified atom stereocenters. The highest BCUT2D eigenvalue weighted by Gasteiger charge is 2.05. The van der Waals surface area contributed by atoms with Gasteiger partial charge >= 0.3 is 0 Å². The zero-order chi connectivity index (χ0) is 19.3. The van der Waals surface area contributed by atoms with Gasteiger partial charge in [-0.05, 0) is 24.3 Å². The second-order valence-corrected chi connectivity index (χ2v) is 7.28. The molecule has 2 aromatic carbocycles. The SMILES string of the molecule is CN=C(NCCS(=O)c1ccccc1)Nc1cccc(OCCCOC)c1. The highest BCUT2D eigenvalue weighted by molar-refractivity contribution is 7.85. The van der Waals surface area contributed by atoms with E-state index in [2.05, 4.69) is 15.6 Å². The topological polar surface area (TPSA) is 72.0 Å². The third-order valence-corrected chi connectivity index (χ3v) is 5.04. The molecule has 146 valence electrons. The van der Waals surface area contributed by atoms with Gasteiger partial charge in [-0.15, -0.1) is 0 Å². The molecular formula is C20H27N3O3S. The summed E-state index contributed by atoms with van der Waals surface area (Å²) in [4.78, 5) is 5.04. The Bertz CT molecular complexity index is 738. The highest BCUT2D eigenvalue weighted by atomic mass is 32.2. The van der Waals surface area contributed by atoms with Crippen molar-refractivity contribution in [3.8, 4) is 5.75 Å². The molecule has 0 radical (unpaired) electrons. The molecule has 0 saturated carbocycles. The molecule has 27 heavy (non-hydrogen) atoms. The molecule has 6 nitrogen and oxygen atoms in total. The Kier molecular flexibility index (Phi) is 9.37. The van der Waals surface area contributed by atoms with Gasteiger partial charge in [0.2, 0.25) is 0 Å². The molecule has 7 heteroatoms. The van der Waals surface area contributed by atoms with E-state index in [4.69, 9.17) is 9.47 Å². The molecule has 2 rings (SSSR count). The van der Waals surface area contributed by atoms with E-state index in [9.17, 15) is 4.21 Å². The Morgan fingerprint density at radius 2 is 1.93 bits per heavy atom. The number of anilines is 1.